The first kappa shape index (κ1) is 17.8. The van der Waals surface area contributed by atoms with E-state index in [-0.39, 0.29) is 0 Å². The van der Waals surface area contributed by atoms with Crippen molar-refractivity contribution in [1.82, 2.24) is 9.38 Å². The monoisotopic (exact) mass is 349 g/mol. The highest BCUT2D eigenvalue weighted by atomic mass is 16.1. The number of primary amides is 1. The second kappa shape index (κ2) is 7.07. The number of benzene rings is 1. The third-order valence-electron chi connectivity index (χ3n) is 4.76. The molecule has 2 N–H and O–H groups in total. The minimum atomic E-state index is -0.499. The van der Waals surface area contributed by atoms with Crippen LogP contribution in [0.2, 0.25) is 0 Å². The van der Waals surface area contributed by atoms with E-state index in [1.54, 1.807) is 12.3 Å². The molecule has 0 spiro atoms. The van der Waals surface area contributed by atoms with E-state index in [4.69, 9.17) is 5.73 Å². The van der Waals surface area contributed by atoms with Gasteiger partial charge in [0.1, 0.15) is 5.69 Å². The van der Waals surface area contributed by atoms with Crippen molar-refractivity contribution in [3.05, 3.63) is 64.1 Å². The van der Waals surface area contributed by atoms with Crippen molar-refractivity contribution in [2.75, 3.05) is 0 Å². The second-order valence-corrected chi connectivity index (χ2v) is 6.42. The molecule has 0 saturated heterocycles. The summed E-state index contributed by atoms with van der Waals surface area (Å²) in [5, 5.41) is 8.77. The average Bonchev–Trinajstić information content (AvgIpc) is 2.91. The first-order valence-electron chi connectivity index (χ1n) is 8.66. The van der Waals surface area contributed by atoms with Crippen LogP contribution in [0, 0.1) is 20.8 Å². The van der Waals surface area contributed by atoms with Crippen LogP contribution < -0.4 is 5.73 Å². The fourth-order valence-electron chi connectivity index (χ4n) is 3.06. The lowest BCUT2D eigenvalue weighted by Gasteiger charge is -2.08. The van der Waals surface area contributed by atoms with Gasteiger partial charge in [0.15, 0.2) is 5.65 Å². The number of imidazole rings is 1. The van der Waals surface area contributed by atoms with Crippen LogP contribution in [0.25, 0.3) is 5.65 Å². The summed E-state index contributed by atoms with van der Waals surface area (Å²) in [6, 6.07) is 7.90. The zero-order valence-corrected chi connectivity index (χ0v) is 15.6. The topological polar surface area (TPSA) is 85.1 Å². The van der Waals surface area contributed by atoms with Crippen LogP contribution in [-0.2, 0) is 13.0 Å². The number of carbonyl (C=O) groups is 1. The Labute approximate surface area is 152 Å². The second-order valence-electron chi connectivity index (χ2n) is 6.42. The van der Waals surface area contributed by atoms with Crippen molar-refractivity contribution < 1.29 is 4.79 Å². The Morgan fingerprint density at radius 2 is 2.04 bits per heavy atom. The maximum Gasteiger partial charge on any atom is 0.250 e. The van der Waals surface area contributed by atoms with Gasteiger partial charge in [0, 0.05) is 11.9 Å². The van der Waals surface area contributed by atoms with Crippen molar-refractivity contribution in [1.29, 1.82) is 0 Å². The van der Waals surface area contributed by atoms with Crippen LogP contribution in [0.1, 0.15) is 45.4 Å². The summed E-state index contributed by atoms with van der Waals surface area (Å²) in [5.74, 6) is -0.499. The van der Waals surface area contributed by atoms with E-state index in [2.05, 4.69) is 47.3 Å². The van der Waals surface area contributed by atoms with Gasteiger partial charge < -0.3 is 10.1 Å². The molecule has 1 aromatic carbocycles. The summed E-state index contributed by atoms with van der Waals surface area (Å²) in [5.41, 5.74) is 12.6. The largest absolute Gasteiger partial charge is 0.366 e. The van der Waals surface area contributed by atoms with Gasteiger partial charge in [-0.25, -0.2) is 4.98 Å². The number of aromatic nitrogens is 2. The van der Waals surface area contributed by atoms with E-state index in [9.17, 15) is 4.79 Å². The standard InChI is InChI=1S/C20H23N5O/c1-5-15-8-6-7-12(2)17(15)10-22-24-18-9-16(19(21)26)11-25-14(4)13(3)23-20(18)25/h6-9,11H,5,10H2,1-4H3,(H2,21,26). The highest BCUT2D eigenvalue weighted by Gasteiger charge is 2.13. The normalized spacial score (nSPS) is 11.5. The summed E-state index contributed by atoms with van der Waals surface area (Å²) in [6.45, 7) is 8.57. The maximum absolute atomic E-state index is 11.7. The van der Waals surface area contributed by atoms with Crippen molar-refractivity contribution in [2.45, 2.75) is 40.7 Å². The van der Waals surface area contributed by atoms with E-state index in [0.717, 1.165) is 17.8 Å². The summed E-state index contributed by atoms with van der Waals surface area (Å²) in [7, 11) is 0. The van der Waals surface area contributed by atoms with Gasteiger partial charge in [-0.2, -0.15) is 10.2 Å². The first-order valence-corrected chi connectivity index (χ1v) is 8.66. The van der Waals surface area contributed by atoms with Gasteiger partial charge in [-0.1, -0.05) is 25.1 Å². The van der Waals surface area contributed by atoms with E-state index in [1.165, 1.54) is 16.7 Å². The smallest absolute Gasteiger partial charge is 0.250 e. The minimum absolute atomic E-state index is 0.386. The van der Waals surface area contributed by atoms with E-state index in [0.29, 0.717) is 23.4 Å². The fraction of sp³-hybridized carbons (Fsp3) is 0.300. The third-order valence-corrected chi connectivity index (χ3v) is 4.76. The number of nitrogens with zero attached hydrogens (tertiary/aromatic N) is 4. The highest BCUT2D eigenvalue weighted by Crippen LogP contribution is 2.25. The lowest BCUT2D eigenvalue weighted by atomic mass is 10.0. The molecule has 0 bridgehead atoms. The quantitative estimate of drug-likeness (QED) is 0.700. The van der Waals surface area contributed by atoms with Crippen molar-refractivity contribution >= 4 is 17.2 Å². The van der Waals surface area contributed by atoms with Gasteiger partial charge in [0.25, 0.3) is 0 Å². The molecule has 0 unspecified atom stereocenters. The number of nitrogens with two attached hydrogens (primary N) is 1. The van der Waals surface area contributed by atoms with Crippen LogP contribution in [0.5, 0.6) is 0 Å². The molecule has 0 aliphatic rings. The Balaban J connectivity index is 2.02. The molecule has 0 radical (unpaired) electrons. The molecule has 0 aliphatic carbocycles. The Bertz CT molecular complexity index is 1020. The number of pyridine rings is 1. The Morgan fingerprint density at radius 3 is 2.73 bits per heavy atom. The number of hydrogen-bond acceptors (Lipinski definition) is 4. The third kappa shape index (κ3) is 3.22. The lowest BCUT2D eigenvalue weighted by molar-refractivity contribution is 0.1000. The van der Waals surface area contributed by atoms with E-state index < -0.39 is 5.91 Å². The number of aryl methyl sites for hydroxylation is 4. The summed E-state index contributed by atoms with van der Waals surface area (Å²) < 4.78 is 1.84. The molecule has 2 aromatic heterocycles. The molecule has 6 nitrogen and oxygen atoms in total. The minimum Gasteiger partial charge on any atom is -0.366 e. The van der Waals surface area contributed by atoms with Gasteiger partial charge in [-0.15, -0.1) is 0 Å². The molecule has 2 heterocycles. The molecule has 134 valence electrons. The zero-order chi connectivity index (χ0) is 18.8. The molecular weight excluding hydrogens is 326 g/mol. The van der Waals surface area contributed by atoms with E-state index >= 15 is 0 Å². The number of carbonyl (C=O) groups excluding carboxylic acids is 1. The Kier molecular flexibility index (Phi) is 4.84. The summed E-state index contributed by atoms with van der Waals surface area (Å²) >= 11 is 0. The van der Waals surface area contributed by atoms with Gasteiger partial charge in [0.2, 0.25) is 5.91 Å². The number of rotatable bonds is 5. The average molecular weight is 349 g/mol. The van der Waals surface area contributed by atoms with Crippen LogP contribution >= 0.6 is 0 Å². The molecule has 0 aliphatic heterocycles. The Morgan fingerprint density at radius 1 is 1.27 bits per heavy atom. The molecule has 6 heteroatoms. The number of fused-ring (bicyclic) bond motifs is 1. The lowest BCUT2D eigenvalue weighted by Crippen LogP contribution is -2.11. The highest BCUT2D eigenvalue weighted by molar-refractivity contribution is 5.94. The summed E-state index contributed by atoms with van der Waals surface area (Å²) in [6.07, 6.45) is 2.65. The SMILES string of the molecule is CCc1cccc(C)c1CN=Nc1cc(C(N)=O)cn2c(C)c(C)nc12. The van der Waals surface area contributed by atoms with Crippen LogP contribution in [-0.4, -0.2) is 15.3 Å². The van der Waals surface area contributed by atoms with Crippen LogP contribution in [0.3, 0.4) is 0 Å². The molecule has 26 heavy (non-hydrogen) atoms. The molecule has 1 amide bonds. The molecule has 0 fully saturated rings. The predicted octanol–water partition coefficient (Wildman–Crippen LogP) is 4.20. The molecule has 3 aromatic rings. The zero-order valence-electron chi connectivity index (χ0n) is 15.6. The van der Waals surface area contributed by atoms with Gasteiger partial charge in [0.05, 0.1) is 17.8 Å². The van der Waals surface area contributed by atoms with Crippen molar-refractivity contribution in [2.24, 2.45) is 16.0 Å². The van der Waals surface area contributed by atoms with Crippen molar-refractivity contribution in [3.8, 4) is 0 Å². The van der Waals surface area contributed by atoms with Crippen LogP contribution in [0.15, 0.2) is 40.7 Å². The number of amides is 1. The van der Waals surface area contributed by atoms with Gasteiger partial charge in [-0.05, 0) is 49.9 Å². The predicted molar refractivity (Wildman–Crippen MR) is 102 cm³/mol. The maximum atomic E-state index is 11.7. The number of hydrogen-bond donors (Lipinski definition) is 1. The number of azo groups is 1. The summed E-state index contributed by atoms with van der Waals surface area (Å²) in [4.78, 5) is 16.2. The van der Waals surface area contributed by atoms with Crippen LogP contribution in [0.4, 0.5) is 5.69 Å². The van der Waals surface area contributed by atoms with Gasteiger partial charge >= 0.3 is 0 Å². The first-order chi connectivity index (χ1) is 12.4. The fourth-order valence-corrected chi connectivity index (χ4v) is 3.06. The van der Waals surface area contributed by atoms with Gasteiger partial charge in [-0.3, -0.25) is 4.79 Å². The molecule has 0 atom stereocenters. The van der Waals surface area contributed by atoms with Crippen molar-refractivity contribution in [3.63, 3.8) is 0 Å². The Hall–Kier alpha value is -3.02. The molecular formula is C20H23N5O. The molecule has 3 rings (SSSR count). The van der Waals surface area contributed by atoms with E-state index in [1.807, 2.05) is 18.2 Å². The molecule has 0 saturated carbocycles.